The summed E-state index contributed by atoms with van der Waals surface area (Å²) < 4.78 is 5.28. The third kappa shape index (κ3) is 5.18. The van der Waals surface area contributed by atoms with Gasteiger partial charge in [0, 0.05) is 19.0 Å². The van der Waals surface area contributed by atoms with Gasteiger partial charge in [0.1, 0.15) is 5.75 Å². The Morgan fingerprint density at radius 2 is 1.68 bits per heavy atom. The number of ether oxygens (including phenoxy) is 1. The van der Waals surface area contributed by atoms with Crippen molar-refractivity contribution in [2.24, 2.45) is 11.3 Å². The minimum Gasteiger partial charge on any atom is -0.497 e. The van der Waals surface area contributed by atoms with Gasteiger partial charge in [-0.3, -0.25) is 9.69 Å². The van der Waals surface area contributed by atoms with Gasteiger partial charge in [-0.15, -0.1) is 0 Å². The number of nitrogens with one attached hydrogen (secondary N) is 1. The second kappa shape index (κ2) is 10.0. The Kier molecular flexibility index (Phi) is 6.68. The van der Waals surface area contributed by atoms with E-state index in [9.17, 15) is 4.79 Å². The van der Waals surface area contributed by atoms with Gasteiger partial charge in [0.2, 0.25) is 5.91 Å². The topological polar surface area (TPSA) is 41.6 Å². The Bertz CT molecular complexity index is 1100. The molecule has 1 aliphatic heterocycles. The van der Waals surface area contributed by atoms with Gasteiger partial charge < -0.3 is 10.1 Å². The van der Waals surface area contributed by atoms with E-state index < -0.39 is 0 Å². The lowest BCUT2D eigenvalue weighted by Gasteiger charge is -2.32. The zero-order valence-corrected chi connectivity index (χ0v) is 20.0. The van der Waals surface area contributed by atoms with Crippen LogP contribution in [0.25, 0.3) is 11.1 Å². The zero-order valence-electron chi connectivity index (χ0n) is 20.0. The third-order valence-corrected chi connectivity index (χ3v) is 7.67. The summed E-state index contributed by atoms with van der Waals surface area (Å²) >= 11 is 0. The lowest BCUT2D eigenvalue weighted by molar-refractivity contribution is -0.123. The predicted molar refractivity (Wildman–Crippen MR) is 137 cm³/mol. The summed E-state index contributed by atoms with van der Waals surface area (Å²) in [5, 5.41) is 3.18. The summed E-state index contributed by atoms with van der Waals surface area (Å²) in [5.41, 5.74) is 5.32. The first-order valence-corrected chi connectivity index (χ1v) is 12.4. The van der Waals surface area contributed by atoms with E-state index in [0.29, 0.717) is 6.54 Å². The van der Waals surface area contributed by atoms with Crippen LogP contribution in [0.5, 0.6) is 5.75 Å². The van der Waals surface area contributed by atoms with Gasteiger partial charge in [-0.25, -0.2) is 0 Å². The molecular formula is C30H34N2O2. The summed E-state index contributed by atoms with van der Waals surface area (Å²) in [6.07, 6.45) is 4.14. The molecule has 3 aromatic rings. The molecule has 1 atom stereocenters. The van der Waals surface area contributed by atoms with E-state index in [1.54, 1.807) is 7.11 Å². The van der Waals surface area contributed by atoms with Crippen molar-refractivity contribution in [3.63, 3.8) is 0 Å². The Labute approximate surface area is 202 Å². The highest BCUT2D eigenvalue weighted by atomic mass is 16.5. The molecule has 1 unspecified atom stereocenters. The molecule has 1 spiro atoms. The molecule has 4 nitrogen and oxygen atoms in total. The van der Waals surface area contributed by atoms with Gasteiger partial charge in [0.15, 0.2) is 0 Å². The standard InChI is InChI=1S/C30H34N2O2/c1-34-27-9-5-6-23(20-27)14-17-31-29(33)28-21-30(28)15-18-32(19-16-30)22-24-10-12-26(13-11-24)25-7-3-2-4-8-25/h2-13,20,28H,14-19,21-22H2,1H3,(H,31,33). The van der Waals surface area contributed by atoms with E-state index in [0.717, 1.165) is 51.1 Å². The largest absolute Gasteiger partial charge is 0.497 e. The Balaban J connectivity index is 1.06. The van der Waals surface area contributed by atoms with E-state index >= 15 is 0 Å². The van der Waals surface area contributed by atoms with Gasteiger partial charge in [0.05, 0.1) is 7.11 Å². The van der Waals surface area contributed by atoms with Gasteiger partial charge in [0.25, 0.3) is 0 Å². The molecule has 0 aromatic heterocycles. The number of hydrogen-bond donors (Lipinski definition) is 1. The summed E-state index contributed by atoms with van der Waals surface area (Å²) in [7, 11) is 1.68. The number of benzene rings is 3. The normalized spacial score (nSPS) is 19.0. The first kappa shape index (κ1) is 22.7. The van der Waals surface area contributed by atoms with Crippen molar-refractivity contribution in [1.29, 1.82) is 0 Å². The molecule has 4 heteroatoms. The average molecular weight is 455 g/mol. The van der Waals surface area contributed by atoms with Crippen LogP contribution in [0.3, 0.4) is 0 Å². The van der Waals surface area contributed by atoms with E-state index in [-0.39, 0.29) is 17.2 Å². The number of nitrogens with zero attached hydrogens (tertiary/aromatic N) is 1. The van der Waals surface area contributed by atoms with Gasteiger partial charge in [-0.2, -0.15) is 0 Å². The highest BCUT2D eigenvalue weighted by Gasteiger charge is 2.58. The SMILES string of the molecule is COc1cccc(CCNC(=O)C2CC23CCN(Cc2ccc(-c4ccccc4)cc2)CC3)c1. The van der Waals surface area contributed by atoms with Crippen molar-refractivity contribution in [2.45, 2.75) is 32.2 Å². The highest BCUT2D eigenvalue weighted by molar-refractivity contribution is 5.82. The van der Waals surface area contributed by atoms with Crippen LogP contribution in [0, 0.1) is 11.3 Å². The number of amides is 1. The molecule has 1 saturated heterocycles. The lowest BCUT2D eigenvalue weighted by atomic mass is 9.90. The molecule has 34 heavy (non-hydrogen) atoms. The molecule has 1 aliphatic carbocycles. The number of carbonyl (C=O) groups is 1. The number of hydrogen-bond acceptors (Lipinski definition) is 3. The number of methoxy groups -OCH3 is 1. The quantitative estimate of drug-likeness (QED) is 0.501. The fourth-order valence-electron chi connectivity index (χ4n) is 5.40. The number of carbonyl (C=O) groups excluding carboxylic acids is 1. The van der Waals surface area contributed by atoms with Crippen LogP contribution in [-0.2, 0) is 17.8 Å². The summed E-state index contributed by atoms with van der Waals surface area (Å²) in [4.78, 5) is 15.3. The second-order valence-corrected chi connectivity index (χ2v) is 9.85. The first-order valence-electron chi connectivity index (χ1n) is 12.4. The van der Waals surface area contributed by atoms with Crippen molar-refractivity contribution in [1.82, 2.24) is 10.2 Å². The zero-order chi connectivity index (χ0) is 23.4. The molecule has 1 saturated carbocycles. The van der Waals surface area contributed by atoms with Crippen molar-refractivity contribution < 1.29 is 9.53 Å². The monoisotopic (exact) mass is 454 g/mol. The number of rotatable bonds is 8. The first-order chi connectivity index (χ1) is 16.6. The van der Waals surface area contributed by atoms with Crippen LogP contribution in [0.2, 0.25) is 0 Å². The summed E-state index contributed by atoms with van der Waals surface area (Å²) in [6, 6.07) is 27.5. The van der Waals surface area contributed by atoms with Crippen LogP contribution in [-0.4, -0.2) is 37.6 Å². The molecule has 2 fully saturated rings. The van der Waals surface area contributed by atoms with Crippen molar-refractivity contribution >= 4 is 5.91 Å². The molecule has 0 radical (unpaired) electrons. The molecule has 176 valence electrons. The van der Waals surface area contributed by atoms with Crippen LogP contribution < -0.4 is 10.1 Å². The van der Waals surface area contributed by atoms with E-state index in [2.05, 4.69) is 70.9 Å². The van der Waals surface area contributed by atoms with E-state index in [1.165, 1.54) is 22.3 Å². The third-order valence-electron chi connectivity index (χ3n) is 7.67. The molecular weight excluding hydrogens is 420 g/mol. The van der Waals surface area contributed by atoms with E-state index in [1.807, 2.05) is 18.2 Å². The van der Waals surface area contributed by atoms with Crippen molar-refractivity contribution in [2.75, 3.05) is 26.7 Å². The van der Waals surface area contributed by atoms with Crippen LogP contribution in [0.15, 0.2) is 78.9 Å². The molecule has 1 N–H and O–H groups in total. The minimum atomic E-state index is 0.199. The molecule has 5 rings (SSSR count). The summed E-state index contributed by atoms with van der Waals surface area (Å²) in [6.45, 7) is 3.83. The smallest absolute Gasteiger partial charge is 0.223 e. The maximum absolute atomic E-state index is 12.8. The van der Waals surface area contributed by atoms with Crippen LogP contribution >= 0.6 is 0 Å². The second-order valence-electron chi connectivity index (χ2n) is 9.85. The Hall–Kier alpha value is -3.11. The Morgan fingerprint density at radius 3 is 2.41 bits per heavy atom. The van der Waals surface area contributed by atoms with Gasteiger partial charge in [-0.1, -0.05) is 66.7 Å². The average Bonchev–Trinajstić information content (AvgIpc) is 3.60. The van der Waals surface area contributed by atoms with E-state index in [4.69, 9.17) is 4.74 Å². The van der Waals surface area contributed by atoms with Crippen LogP contribution in [0.1, 0.15) is 30.4 Å². The maximum atomic E-state index is 12.8. The van der Waals surface area contributed by atoms with Crippen LogP contribution in [0.4, 0.5) is 0 Å². The minimum absolute atomic E-state index is 0.199. The summed E-state index contributed by atoms with van der Waals surface area (Å²) in [5.74, 6) is 1.31. The van der Waals surface area contributed by atoms with Gasteiger partial charge in [-0.05, 0) is 78.6 Å². The predicted octanol–water partition coefficient (Wildman–Crippen LogP) is 5.32. The fraction of sp³-hybridized carbons (Fsp3) is 0.367. The lowest BCUT2D eigenvalue weighted by Crippen LogP contribution is -2.37. The molecule has 0 bridgehead atoms. The molecule has 2 aliphatic rings. The van der Waals surface area contributed by atoms with Crippen molar-refractivity contribution in [3.8, 4) is 16.9 Å². The number of piperidine rings is 1. The maximum Gasteiger partial charge on any atom is 0.223 e. The molecule has 3 aromatic carbocycles. The number of likely N-dealkylation sites (tertiary alicyclic amines) is 1. The Morgan fingerprint density at radius 1 is 0.941 bits per heavy atom. The van der Waals surface area contributed by atoms with Crippen molar-refractivity contribution in [3.05, 3.63) is 90.0 Å². The molecule has 1 amide bonds. The van der Waals surface area contributed by atoms with Gasteiger partial charge >= 0.3 is 0 Å². The molecule has 1 heterocycles. The fourth-order valence-corrected chi connectivity index (χ4v) is 5.40. The highest BCUT2D eigenvalue weighted by Crippen LogP contribution is 2.59.